The van der Waals surface area contributed by atoms with Crippen LogP contribution in [0.3, 0.4) is 0 Å². The molecular weight excluding hydrogens is 462 g/mol. The van der Waals surface area contributed by atoms with E-state index in [0.717, 1.165) is 48.6 Å². The maximum absolute atomic E-state index is 13.0. The van der Waals surface area contributed by atoms with Crippen molar-refractivity contribution in [3.63, 3.8) is 0 Å². The fourth-order valence-electron chi connectivity index (χ4n) is 4.64. The summed E-state index contributed by atoms with van der Waals surface area (Å²) < 4.78 is 3.86. The van der Waals surface area contributed by atoms with Crippen molar-refractivity contribution in [2.24, 2.45) is 5.92 Å². The summed E-state index contributed by atoms with van der Waals surface area (Å²) >= 11 is 0. The number of rotatable bonds is 10. The van der Waals surface area contributed by atoms with Crippen LogP contribution in [0.15, 0.2) is 41.1 Å². The van der Waals surface area contributed by atoms with Crippen LogP contribution in [-0.2, 0) is 6.42 Å². The van der Waals surface area contributed by atoms with Crippen LogP contribution in [-0.4, -0.2) is 33.9 Å². The first-order valence-electron chi connectivity index (χ1n) is 13.4. The van der Waals surface area contributed by atoms with Crippen LogP contribution in [0.1, 0.15) is 97.4 Å². The largest absolute Gasteiger partial charge is 0.316 e. The number of aromatic amines is 1. The monoisotopic (exact) mass is 501 g/mol. The van der Waals surface area contributed by atoms with Crippen molar-refractivity contribution in [3.05, 3.63) is 64.0 Å². The van der Waals surface area contributed by atoms with Crippen molar-refractivity contribution < 1.29 is 0 Å². The summed E-state index contributed by atoms with van der Waals surface area (Å²) in [6, 6.07) is 0. The lowest BCUT2D eigenvalue weighted by Gasteiger charge is -2.15. The number of aromatic nitrogens is 7. The van der Waals surface area contributed by atoms with Gasteiger partial charge in [0.2, 0.25) is 5.95 Å². The van der Waals surface area contributed by atoms with Gasteiger partial charge in [0.1, 0.15) is 22.7 Å². The molecule has 196 valence electrons. The Kier molecular flexibility index (Phi) is 8.05. The molecule has 1 unspecified atom stereocenters. The molecule has 37 heavy (non-hydrogen) atoms. The number of hydrogen-bond acceptors (Lipinski definition) is 5. The van der Waals surface area contributed by atoms with E-state index in [9.17, 15) is 4.79 Å². The third-order valence-electron chi connectivity index (χ3n) is 6.76. The highest BCUT2D eigenvalue weighted by Gasteiger charge is 2.20. The topological polar surface area (TPSA) is 93.8 Å². The van der Waals surface area contributed by atoms with Crippen molar-refractivity contribution in [2.75, 3.05) is 0 Å². The minimum atomic E-state index is -0.191. The molecule has 0 aliphatic heterocycles. The Morgan fingerprint density at radius 2 is 1.81 bits per heavy atom. The van der Waals surface area contributed by atoms with Gasteiger partial charge in [-0.25, -0.2) is 15.0 Å². The summed E-state index contributed by atoms with van der Waals surface area (Å²) in [7, 11) is 0. The van der Waals surface area contributed by atoms with Crippen LogP contribution in [0.2, 0.25) is 0 Å². The molecule has 0 bridgehead atoms. The van der Waals surface area contributed by atoms with E-state index in [0.29, 0.717) is 35.0 Å². The second-order valence-corrected chi connectivity index (χ2v) is 10.6. The van der Waals surface area contributed by atoms with Gasteiger partial charge in [-0.3, -0.25) is 13.8 Å². The van der Waals surface area contributed by atoms with E-state index in [1.807, 2.05) is 29.0 Å². The number of hydrogen-bond donors (Lipinski definition) is 1. The summed E-state index contributed by atoms with van der Waals surface area (Å²) in [6.45, 7) is 15.0. The lowest BCUT2D eigenvalue weighted by molar-refractivity contribution is 0.594. The van der Waals surface area contributed by atoms with Crippen LogP contribution in [0.25, 0.3) is 28.2 Å². The molecule has 0 spiro atoms. The highest BCUT2D eigenvalue weighted by Crippen LogP contribution is 2.25. The van der Waals surface area contributed by atoms with Gasteiger partial charge in [0, 0.05) is 18.3 Å². The fourth-order valence-corrected chi connectivity index (χ4v) is 4.64. The zero-order valence-corrected chi connectivity index (χ0v) is 23.2. The Labute approximate surface area is 218 Å². The predicted octanol–water partition coefficient (Wildman–Crippen LogP) is 6.40. The molecular formula is C29H39N7O. The van der Waals surface area contributed by atoms with Gasteiger partial charge in [-0.1, -0.05) is 45.4 Å². The maximum Gasteiger partial charge on any atom is 0.274 e. The van der Waals surface area contributed by atoms with Crippen molar-refractivity contribution in [2.45, 2.75) is 86.5 Å². The number of nitrogens with one attached hydrogen (secondary N) is 1. The number of allylic oxidation sites excluding steroid dienone is 4. The smallest absolute Gasteiger partial charge is 0.274 e. The molecule has 0 amide bonds. The summed E-state index contributed by atoms with van der Waals surface area (Å²) in [5, 5.41) is 0. The number of aryl methyl sites for hydroxylation is 1. The lowest BCUT2D eigenvalue weighted by atomic mass is 10.0. The quantitative estimate of drug-likeness (QED) is 0.254. The third kappa shape index (κ3) is 5.58. The van der Waals surface area contributed by atoms with Crippen molar-refractivity contribution in [3.8, 4) is 5.95 Å². The highest BCUT2D eigenvalue weighted by atomic mass is 16.1. The first kappa shape index (κ1) is 26.5. The van der Waals surface area contributed by atoms with E-state index in [1.165, 1.54) is 5.57 Å². The van der Waals surface area contributed by atoms with Crippen LogP contribution >= 0.6 is 0 Å². The average Bonchev–Trinajstić information content (AvgIpc) is 3.51. The Morgan fingerprint density at radius 1 is 1.05 bits per heavy atom. The Morgan fingerprint density at radius 3 is 2.51 bits per heavy atom. The van der Waals surface area contributed by atoms with Gasteiger partial charge in [-0.15, -0.1) is 0 Å². The van der Waals surface area contributed by atoms with Gasteiger partial charge in [0.25, 0.3) is 5.56 Å². The Hall–Kier alpha value is -3.55. The number of nitrogens with zero attached hydrogens (tertiary/aromatic N) is 6. The zero-order valence-electron chi connectivity index (χ0n) is 23.2. The number of H-pyrrole nitrogens is 1. The molecule has 4 heterocycles. The van der Waals surface area contributed by atoms with Gasteiger partial charge in [0.15, 0.2) is 5.65 Å². The van der Waals surface area contributed by atoms with E-state index in [-0.39, 0.29) is 11.5 Å². The van der Waals surface area contributed by atoms with Crippen LogP contribution in [0.4, 0.5) is 0 Å². The maximum atomic E-state index is 13.0. The van der Waals surface area contributed by atoms with E-state index < -0.39 is 0 Å². The first-order chi connectivity index (χ1) is 17.7. The molecule has 4 rings (SSSR count). The third-order valence-corrected chi connectivity index (χ3v) is 6.76. The molecule has 0 aliphatic rings. The molecule has 0 aliphatic carbocycles. The lowest BCUT2D eigenvalue weighted by Crippen LogP contribution is -2.16. The standard InChI is InChI=1S/C29H39N7O/c1-8-22-24-27(34-29(32-22)35-16-15-30-25(35)20(6)13-9-11-18(2)3)36-23(28(37)33-24)17-31-26(36)21(7)14-10-12-19(4)5/h11,14-17,19-20H,8-10,12-13H2,1-7H3,(H,33,37). The summed E-state index contributed by atoms with van der Waals surface area (Å²) in [4.78, 5) is 35.2. The summed E-state index contributed by atoms with van der Waals surface area (Å²) in [6.07, 6.45) is 14.5. The fraction of sp³-hybridized carbons (Fsp3) is 0.483. The van der Waals surface area contributed by atoms with Crippen LogP contribution < -0.4 is 5.56 Å². The molecule has 0 saturated heterocycles. The number of fused-ring (bicyclic) bond motifs is 3. The minimum Gasteiger partial charge on any atom is -0.316 e. The predicted molar refractivity (Wildman–Crippen MR) is 150 cm³/mol. The molecule has 0 aromatic carbocycles. The average molecular weight is 502 g/mol. The molecule has 4 aromatic heterocycles. The molecule has 1 atom stereocenters. The number of imidazole rings is 2. The molecule has 8 nitrogen and oxygen atoms in total. The molecule has 0 saturated carbocycles. The molecule has 0 fully saturated rings. The van der Waals surface area contributed by atoms with Gasteiger partial charge in [0.05, 0.1) is 11.9 Å². The molecule has 1 N–H and O–H groups in total. The summed E-state index contributed by atoms with van der Waals surface area (Å²) in [5.74, 6) is 3.09. The highest BCUT2D eigenvalue weighted by molar-refractivity contribution is 5.79. The Balaban J connectivity index is 1.87. The first-order valence-corrected chi connectivity index (χ1v) is 13.4. The van der Waals surface area contributed by atoms with Crippen molar-refractivity contribution in [1.82, 2.24) is 33.9 Å². The van der Waals surface area contributed by atoms with Crippen LogP contribution in [0, 0.1) is 5.92 Å². The normalized spacial score (nSPS) is 13.1. The second-order valence-electron chi connectivity index (χ2n) is 10.6. The van der Waals surface area contributed by atoms with Crippen molar-refractivity contribution >= 4 is 22.3 Å². The summed E-state index contributed by atoms with van der Waals surface area (Å²) in [5.41, 5.74) is 4.73. The minimum absolute atomic E-state index is 0.191. The van der Waals surface area contributed by atoms with E-state index >= 15 is 0 Å². The Bertz CT molecular complexity index is 1510. The molecule has 0 radical (unpaired) electrons. The SMILES string of the molecule is CCc1nc(-n2ccnc2C(C)CCC=C(C)C)nc2c1[nH]c(=O)c1cnc(C(C)=CCCC(C)C)n12. The van der Waals surface area contributed by atoms with E-state index in [1.54, 1.807) is 12.4 Å². The van der Waals surface area contributed by atoms with Gasteiger partial charge >= 0.3 is 0 Å². The van der Waals surface area contributed by atoms with E-state index in [4.69, 9.17) is 9.97 Å². The van der Waals surface area contributed by atoms with E-state index in [2.05, 4.69) is 61.7 Å². The van der Waals surface area contributed by atoms with Crippen LogP contribution in [0.5, 0.6) is 0 Å². The van der Waals surface area contributed by atoms with Gasteiger partial charge < -0.3 is 4.98 Å². The second kappa shape index (κ2) is 11.2. The molecule has 8 heteroatoms. The van der Waals surface area contributed by atoms with Gasteiger partial charge in [-0.2, -0.15) is 4.98 Å². The zero-order chi connectivity index (χ0) is 26.7. The van der Waals surface area contributed by atoms with Crippen molar-refractivity contribution in [1.29, 1.82) is 0 Å². The van der Waals surface area contributed by atoms with Gasteiger partial charge in [-0.05, 0) is 64.4 Å². The molecule has 4 aromatic rings.